The van der Waals surface area contributed by atoms with E-state index in [4.69, 9.17) is 4.74 Å². The zero-order valence-electron chi connectivity index (χ0n) is 16.2. The zero-order valence-corrected chi connectivity index (χ0v) is 18.0. The van der Waals surface area contributed by atoms with Gasteiger partial charge >= 0.3 is 0 Å². The Bertz CT molecular complexity index is 1040. The summed E-state index contributed by atoms with van der Waals surface area (Å²) in [5.74, 6) is 5.28. The van der Waals surface area contributed by atoms with E-state index in [0.717, 1.165) is 27.9 Å². The SMILES string of the molecule is Cc1nnc2n1-c1sc(C#C[Si](C)(C)C)c(Cc3ccccc3)c1COC2. The van der Waals surface area contributed by atoms with Crippen molar-refractivity contribution in [2.75, 3.05) is 0 Å². The highest BCUT2D eigenvalue weighted by atomic mass is 32.1. The molecular formula is C21H23N3OSSi. The molecule has 0 spiro atoms. The summed E-state index contributed by atoms with van der Waals surface area (Å²) < 4.78 is 8.08. The number of ether oxygens (including phenoxy) is 1. The number of fused-ring (bicyclic) bond motifs is 3. The summed E-state index contributed by atoms with van der Waals surface area (Å²) in [6.07, 6.45) is 0.863. The van der Waals surface area contributed by atoms with Crippen molar-refractivity contribution in [3.8, 4) is 16.5 Å². The van der Waals surface area contributed by atoms with Gasteiger partial charge in [0.1, 0.15) is 25.5 Å². The molecule has 0 amide bonds. The van der Waals surface area contributed by atoms with E-state index in [2.05, 4.69) is 76.2 Å². The normalized spacial score (nSPS) is 13.3. The van der Waals surface area contributed by atoms with Crippen LogP contribution in [0.2, 0.25) is 19.6 Å². The van der Waals surface area contributed by atoms with Gasteiger partial charge in [0.2, 0.25) is 0 Å². The van der Waals surface area contributed by atoms with Gasteiger partial charge in [-0.1, -0.05) is 55.9 Å². The Morgan fingerprint density at radius 3 is 2.67 bits per heavy atom. The van der Waals surface area contributed by atoms with Crippen LogP contribution in [-0.4, -0.2) is 22.8 Å². The minimum Gasteiger partial charge on any atom is -0.369 e. The number of thiophene rings is 1. The smallest absolute Gasteiger partial charge is 0.164 e. The second kappa shape index (κ2) is 7.08. The number of benzene rings is 1. The van der Waals surface area contributed by atoms with Crippen LogP contribution < -0.4 is 0 Å². The molecule has 6 heteroatoms. The largest absolute Gasteiger partial charge is 0.369 e. The lowest BCUT2D eigenvalue weighted by molar-refractivity contribution is 0.104. The summed E-state index contributed by atoms with van der Waals surface area (Å²) in [6.45, 7) is 9.91. The van der Waals surface area contributed by atoms with E-state index < -0.39 is 8.07 Å². The molecule has 0 saturated heterocycles. The zero-order chi connectivity index (χ0) is 19.0. The van der Waals surface area contributed by atoms with Crippen LogP contribution in [0.1, 0.15) is 33.2 Å². The Labute approximate surface area is 165 Å². The molecule has 0 fully saturated rings. The second-order valence-corrected chi connectivity index (χ2v) is 13.6. The van der Waals surface area contributed by atoms with Gasteiger partial charge in [0.05, 0.1) is 11.5 Å². The Morgan fingerprint density at radius 2 is 1.93 bits per heavy atom. The average Bonchev–Trinajstić information content (AvgIpc) is 3.08. The lowest BCUT2D eigenvalue weighted by Crippen LogP contribution is -2.16. The summed E-state index contributed by atoms with van der Waals surface area (Å²) in [6, 6.07) is 10.6. The third-order valence-electron chi connectivity index (χ3n) is 4.44. The van der Waals surface area contributed by atoms with Crippen molar-refractivity contribution < 1.29 is 4.74 Å². The van der Waals surface area contributed by atoms with Crippen molar-refractivity contribution in [3.05, 3.63) is 63.5 Å². The van der Waals surface area contributed by atoms with Crippen molar-refractivity contribution in [3.63, 3.8) is 0 Å². The minimum absolute atomic E-state index is 0.489. The molecule has 4 rings (SSSR count). The first kappa shape index (κ1) is 18.2. The molecule has 4 nitrogen and oxygen atoms in total. The molecule has 0 atom stereocenters. The van der Waals surface area contributed by atoms with E-state index in [1.165, 1.54) is 16.7 Å². The van der Waals surface area contributed by atoms with Gasteiger partial charge in [0, 0.05) is 5.56 Å². The van der Waals surface area contributed by atoms with Gasteiger partial charge in [-0.15, -0.1) is 27.1 Å². The van der Waals surface area contributed by atoms with E-state index in [-0.39, 0.29) is 0 Å². The molecule has 0 radical (unpaired) electrons. The predicted octanol–water partition coefficient (Wildman–Crippen LogP) is 4.49. The van der Waals surface area contributed by atoms with E-state index in [1.807, 2.05) is 6.92 Å². The summed E-state index contributed by atoms with van der Waals surface area (Å²) in [5, 5.41) is 9.71. The number of aromatic nitrogens is 3. The number of rotatable bonds is 2. The van der Waals surface area contributed by atoms with Gasteiger partial charge in [-0.05, 0) is 24.5 Å². The van der Waals surface area contributed by atoms with Crippen LogP contribution in [-0.2, 0) is 24.4 Å². The summed E-state index contributed by atoms with van der Waals surface area (Å²) in [7, 11) is -1.46. The summed E-state index contributed by atoms with van der Waals surface area (Å²) >= 11 is 1.75. The highest BCUT2D eigenvalue weighted by Gasteiger charge is 2.25. The molecule has 1 aromatic carbocycles. The summed E-state index contributed by atoms with van der Waals surface area (Å²) in [5.41, 5.74) is 7.34. The van der Waals surface area contributed by atoms with Crippen molar-refractivity contribution in [1.82, 2.24) is 14.8 Å². The van der Waals surface area contributed by atoms with Crippen molar-refractivity contribution >= 4 is 19.4 Å². The van der Waals surface area contributed by atoms with Crippen LogP contribution in [0.4, 0.5) is 0 Å². The average molecular weight is 394 g/mol. The Kier molecular flexibility index (Phi) is 4.77. The first-order valence-electron chi connectivity index (χ1n) is 9.13. The van der Waals surface area contributed by atoms with Crippen molar-refractivity contribution in [2.24, 2.45) is 0 Å². The highest BCUT2D eigenvalue weighted by molar-refractivity contribution is 7.15. The number of nitrogens with zero attached hydrogens (tertiary/aromatic N) is 3. The molecule has 27 heavy (non-hydrogen) atoms. The number of hydrogen-bond donors (Lipinski definition) is 0. The molecule has 0 N–H and O–H groups in total. The molecule has 3 aromatic rings. The Balaban J connectivity index is 1.89. The lowest BCUT2D eigenvalue weighted by atomic mass is 10.0. The maximum Gasteiger partial charge on any atom is 0.164 e. The number of hydrogen-bond acceptors (Lipinski definition) is 4. The Morgan fingerprint density at radius 1 is 1.15 bits per heavy atom. The molecule has 0 bridgehead atoms. The predicted molar refractivity (Wildman–Crippen MR) is 112 cm³/mol. The number of aryl methyl sites for hydroxylation is 1. The van der Waals surface area contributed by atoms with Crippen LogP contribution in [0.3, 0.4) is 0 Å². The molecule has 0 unspecified atom stereocenters. The highest BCUT2D eigenvalue weighted by Crippen LogP contribution is 2.36. The van der Waals surface area contributed by atoms with E-state index in [1.54, 1.807) is 11.3 Å². The van der Waals surface area contributed by atoms with Crippen LogP contribution in [0.25, 0.3) is 5.00 Å². The molecule has 138 valence electrons. The Hall–Kier alpha value is -2.20. The topological polar surface area (TPSA) is 39.9 Å². The van der Waals surface area contributed by atoms with Crippen LogP contribution >= 0.6 is 11.3 Å². The van der Waals surface area contributed by atoms with Gasteiger partial charge in [0.25, 0.3) is 0 Å². The van der Waals surface area contributed by atoms with Gasteiger partial charge < -0.3 is 4.74 Å². The van der Waals surface area contributed by atoms with E-state index >= 15 is 0 Å². The van der Waals surface area contributed by atoms with Crippen LogP contribution in [0, 0.1) is 18.4 Å². The van der Waals surface area contributed by atoms with E-state index in [0.29, 0.717) is 13.2 Å². The molecule has 1 aliphatic rings. The standard InChI is InChI=1S/C21H23N3OSSi/c1-15-22-23-20-14-25-13-18-17(12-16-8-6-5-7-9-16)19(10-11-27(2,3)4)26-21(18)24(15)20/h5-9H,12-14H2,1-4H3. The monoisotopic (exact) mass is 393 g/mol. The molecular weight excluding hydrogens is 370 g/mol. The van der Waals surface area contributed by atoms with Gasteiger partial charge in [0.15, 0.2) is 5.82 Å². The second-order valence-electron chi connectivity index (χ2n) is 7.85. The fourth-order valence-corrected chi connectivity index (χ4v) is 4.99. The molecule has 1 aliphatic heterocycles. The van der Waals surface area contributed by atoms with Crippen LogP contribution in [0.5, 0.6) is 0 Å². The third kappa shape index (κ3) is 3.77. The van der Waals surface area contributed by atoms with E-state index in [9.17, 15) is 0 Å². The lowest BCUT2D eigenvalue weighted by Gasteiger charge is -2.07. The van der Waals surface area contributed by atoms with Gasteiger partial charge in [-0.25, -0.2) is 0 Å². The van der Waals surface area contributed by atoms with Gasteiger partial charge in [-0.3, -0.25) is 4.57 Å². The fraction of sp³-hybridized carbons (Fsp3) is 0.333. The fourth-order valence-electron chi connectivity index (χ4n) is 3.16. The maximum absolute atomic E-state index is 5.94. The molecule has 0 saturated carbocycles. The maximum atomic E-state index is 5.94. The van der Waals surface area contributed by atoms with Crippen molar-refractivity contribution in [1.29, 1.82) is 0 Å². The first-order chi connectivity index (χ1) is 12.9. The molecule has 2 aromatic heterocycles. The molecule has 0 aliphatic carbocycles. The minimum atomic E-state index is -1.46. The van der Waals surface area contributed by atoms with Gasteiger partial charge in [-0.2, -0.15) is 0 Å². The molecule has 3 heterocycles. The van der Waals surface area contributed by atoms with Crippen molar-refractivity contribution in [2.45, 2.75) is 46.2 Å². The summed E-state index contributed by atoms with van der Waals surface area (Å²) in [4.78, 5) is 1.15. The van der Waals surface area contributed by atoms with Crippen LogP contribution in [0.15, 0.2) is 30.3 Å². The quantitative estimate of drug-likeness (QED) is 0.476. The first-order valence-corrected chi connectivity index (χ1v) is 13.4. The third-order valence-corrected chi connectivity index (χ3v) is 6.49.